The van der Waals surface area contributed by atoms with Gasteiger partial charge >= 0.3 is 0 Å². The number of hydrogen-bond acceptors (Lipinski definition) is 2. The smallest absolute Gasteiger partial charge is 0.224 e. The monoisotopic (exact) mass is 308 g/mol. The van der Waals surface area contributed by atoms with Gasteiger partial charge in [-0.3, -0.25) is 4.79 Å². The molecule has 1 heterocycles. The molecule has 120 valence electrons. The summed E-state index contributed by atoms with van der Waals surface area (Å²) >= 11 is 0. The molecule has 2 fully saturated rings. The maximum absolute atomic E-state index is 12.4. The number of benzene rings is 2. The lowest BCUT2D eigenvalue weighted by atomic mass is 10.0. The van der Waals surface area contributed by atoms with E-state index in [0.29, 0.717) is 12.5 Å². The Morgan fingerprint density at radius 1 is 1.00 bits per heavy atom. The number of nitrogens with zero attached hydrogens (tertiary/aromatic N) is 1. The van der Waals surface area contributed by atoms with Crippen LogP contribution < -0.4 is 5.32 Å². The molecule has 4 rings (SSSR count). The van der Waals surface area contributed by atoms with Gasteiger partial charge in [0.05, 0.1) is 6.42 Å². The molecular formula is C20H24N2O. The fourth-order valence-electron chi connectivity index (χ4n) is 3.75. The van der Waals surface area contributed by atoms with Crippen LogP contribution >= 0.6 is 0 Å². The van der Waals surface area contributed by atoms with Crippen LogP contribution in [-0.4, -0.2) is 36.0 Å². The molecule has 2 aliphatic rings. The van der Waals surface area contributed by atoms with E-state index in [1.165, 1.54) is 23.6 Å². The van der Waals surface area contributed by atoms with Crippen LogP contribution in [0.2, 0.25) is 0 Å². The van der Waals surface area contributed by atoms with E-state index >= 15 is 0 Å². The molecule has 1 saturated heterocycles. The number of carbonyl (C=O) groups excluding carboxylic acids is 1. The highest BCUT2D eigenvalue weighted by molar-refractivity contribution is 5.90. The Morgan fingerprint density at radius 2 is 1.74 bits per heavy atom. The Hall–Kier alpha value is -1.87. The minimum atomic E-state index is 0.159. The summed E-state index contributed by atoms with van der Waals surface area (Å²) in [5.74, 6) is 0.159. The first kappa shape index (κ1) is 14.7. The summed E-state index contributed by atoms with van der Waals surface area (Å²) < 4.78 is 0. The van der Waals surface area contributed by atoms with Gasteiger partial charge in [-0.1, -0.05) is 42.5 Å². The summed E-state index contributed by atoms with van der Waals surface area (Å²) in [6, 6.07) is 15.7. The van der Waals surface area contributed by atoms with Gasteiger partial charge in [0.25, 0.3) is 0 Å². The summed E-state index contributed by atoms with van der Waals surface area (Å²) in [5.41, 5.74) is 1.12. The number of carbonyl (C=O) groups is 1. The van der Waals surface area contributed by atoms with Gasteiger partial charge in [0.1, 0.15) is 0 Å². The first-order valence-electron chi connectivity index (χ1n) is 8.79. The van der Waals surface area contributed by atoms with Crippen LogP contribution in [0, 0.1) is 0 Å². The van der Waals surface area contributed by atoms with E-state index in [4.69, 9.17) is 0 Å². The molecule has 1 aliphatic heterocycles. The van der Waals surface area contributed by atoms with E-state index in [-0.39, 0.29) is 5.91 Å². The van der Waals surface area contributed by atoms with Crippen molar-refractivity contribution in [1.29, 1.82) is 0 Å². The lowest BCUT2D eigenvalue weighted by Crippen LogP contribution is -2.45. The summed E-state index contributed by atoms with van der Waals surface area (Å²) in [4.78, 5) is 15.0. The van der Waals surface area contributed by atoms with E-state index in [0.717, 1.165) is 37.5 Å². The molecule has 2 aromatic carbocycles. The van der Waals surface area contributed by atoms with Crippen molar-refractivity contribution in [1.82, 2.24) is 10.2 Å². The fourth-order valence-corrected chi connectivity index (χ4v) is 3.75. The SMILES string of the molecule is O=C(Cc1cccc2ccccc12)NC1CCN(C2CC2)CC1. The van der Waals surface area contributed by atoms with Gasteiger partial charge in [0.2, 0.25) is 5.91 Å². The van der Waals surface area contributed by atoms with Gasteiger partial charge in [0.15, 0.2) is 0 Å². The zero-order chi connectivity index (χ0) is 15.6. The molecule has 0 unspecified atom stereocenters. The molecule has 1 saturated carbocycles. The van der Waals surface area contributed by atoms with Crippen LogP contribution in [0.5, 0.6) is 0 Å². The number of nitrogens with one attached hydrogen (secondary N) is 1. The fraction of sp³-hybridized carbons (Fsp3) is 0.450. The summed E-state index contributed by atoms with van der Waals surface area (Å²) in [6.45, 7) is 2.29. The third-order valence-electron chi connectivity index (χ3n) is 5.19. The molecule has 1 aliphatic carbocycles. The summed E-state index contributed by atoms with van der Waals surface area (Å²) in [7, 11) is 0. The minimum Gasteiger partial charge on any atom is -0.353 e. The van der Waals surface area contributed by atoms with E-state index in [2.05, 4.69) is 34.5 Å². The van der Waals surface area contributed by atoms with E-state index in [1.54, 1.807) is 0 Å². The first-order chi connectivity index (χ1) is 11.3. The van der Waals surface area contributed by atoms with Crippen molar-refractivity contribution in [3.8, 4) is 0 Å². The molecule has 23 heavy (non-hydrogen) atoms. The average Bonchev–Trinajstić information content (AvgIpc) is 3.41. The third-order valence-corrected chi connectivity index (χ3v) is 5.19. The van der Waals surface area contributed by atoms with Gasteiger partial charge in [-0.05, 0) is 42.0 Å². The Labute approximate surface area is 137 Å². The Bertz CT molecular complexity index is 694. The Morgan fingerprint density at radius 3 is 2.52 bits per heavy atom. The first-order valence-corrected chi connectivity index (χ1v) is 8.79. The van der Waals surface area contributed by atoms with Gasteiger partial charge in [0, 0.05) is 25.2 Å². The van der Waals surface area contributed by atoms with Crippen LogP contribution in [0.4, 0.5) is 0 Å². The second-order valence-electron chi connectivity index (χ2n) is 6.92. The number of amides is 1. The molecule has 1 amide bonds. The van der Waals surface area contributed by atoms with Gasteiger partial charge in [-0.25, -0.2) is 0 Å². The van der Waals surface area contributed by atoms with Crippen LogP contribution in [0.25, 0.3) is 10.8 Å². The lowest BCUT2D eigenvalue weighted by Gasteiger charge is -2.32. The van der Waals surface area contributed by atoms with E-state index < -0.39 is 0 Å². The van der Waals surface area contributed by atoms with E-state index in [9.17, 15) is 4.79 Å². The number of piperidine rings is 1. The summed E-state index contributed by atoms with van der Waals surface area (Å²) in [6.07, 6.45) is 5.41. The largest absolute Gasteiger partial charge is 0.353 e. The highest BCUT2D eigenvalue weighted by Crippen LogP contribution is 2.29. The molecule has 3 heteroatoms. The molecule has 0 atom stereocenters. The molecule has 3 nitrogen and oxygen atoms in total. The van der Waals surface area contributed by atoms with Crippen LogP contribution in [-0.2, 0) is 11.2 Å². The van der Waals surface area contributed by atoms with Crippen molar-refractivity contribution in [2.24, 2.45) is 0 Å². The van der Waals surface area contributed by atoms with Crippen molar-refractivity contribution in [2.45, 2.75) is 44.2 Å². The maximum Gasteiger partial charge on any atom is 0.224 e. The van der Waals surface area contributed by atoms with Crippen molar-refractivity contribution >= 4 is 16.7 Å². The van der Waals surface area contributed by atoms with Gasteiger partial charge in [-0.15, -0.1) is 0 Å². The topological polar surface area (TPSA) is 32.3 Å². The van der Waals surface area contributed by atoms with Crippen LogP contribution in [0.15, 0.2) is 42.5 Å². The molecule has 0 aromatic heterocycles. The predicted octanol–water partition coefficient (Wildman–Crippen LogP) is 3.13. The number of hydrogen-bond donors (Lipinski definition) is 1. The molecule has 0 radical (unpaired) electrons. The second kappa shape index (κ2) is 6.32. The molecule has 0 spiro atoms. The minimum absolute atomic E-state index is 0.159. The van der Waals surface area contributed by atoms with Crippen molar-refractivity contribution in [3.05, 3.63) is 48.0 Å². The van der Waals surface area contributed by atoms with Crippen LogP contribution in [0.3, 0.4) is 0 Å². The van der Waals surface area contributed by atoms with Crippen molar-refractivity contribution in [3.63, 3.8) is 0 Å². The number of fused-ring (bicyclic) bond motifs is 1. The van der Waals surface area contributed by atoms with E-state index in [1.807, 2.05) is 18.2 Å². The van der Waals surface area contributed by atoms with Gasteiger partial charge in [-0.2, -0.15) is 0 Å². The Balaban J connectivity index is 1.36. The normalized spacial score (nSPS) is 19.8. The highest BCUT2D eigenvalue weighted by Gasteiger charge is 2.32. The molecule has 2 aromatic rings. The van der Waals surface area contributed by atoms with Crippen LogP contribution in [0.1, 0.15) is 31.2 Å². The Kier molecular flexibility index (Phi) is 4.04. The molecule has 0 bridgehead atoms. The second-order valence-corrected chi connectivity index (χ2v) is 6.92. The predicted molar refractivity (Wildman–Crippen MR) is 93.4 cm³/mol. The zero-order valence-corrected chi connectivity index (χ0v) is 13.5. The lowest BCUT2D eigenvalue weighted by molar-refractivity contribution is -0.121. The quantitative estimate of drug-likeness (QED) is 0.941. The van der Waals surface area contributed by atoms with Crippen molar-refractivity contribution in [2.75, 3.05) is 13.1 Å². The summed E-state index contributed by atoms with van der Waals surface area (Å²) in [5, 5.41) is 5.64. The average molecular weight is 308 g/mol. The van der Waals surface area contributed by atoms with Crippen molar-refractivity contribution < 1.29 is 4.79 Å². The highest BCUT2D eigenvalue weighted by atomic mass is 16.1. The number of rotatable bonds is 4. The molecule has 1 N–H and O–H groups in total. The number of likely N-dealkylation sites (tertiary alicyclic amines) is 1. The molecular weight excluding hydrogens is 284 g/mol. The van der Waals surface area contributed by atoms with Gasteiger partial charge < -0.3 is 10.2 Å². The zero-order valence-electron chi connectivity index (χ0n) is 13.5. The third kappa shape index (κ3) is 3.40. The standard InChI is InChI=1S/C20H24N2O/c23-20(21-17-10-12-22(13-11-17)18-8-9-18)14-16-6-3-5-15-4-1-2-7-19(15)16/h1-7,17-18H,8-14H2,(H,21,23). The maximum atomic E-state index is 12.4.